The smallest absolute Gasteiger partial charge is 0.256 e. The van der Waals surface area contributed by atoms with Gasteiger partial charge in [0.05, 0.1) is 6.20 Å². The molecule has 9 nitrogen and oxygen atoms in total. The van der Waals surface area contributed by atoms with Crippen molar-refractivity contribution in [1.29, 1.82) is 0 Å². The lowest BCUT2D eigenvalue weighted by Crippen LogP contribution is -2.29. The molecule has 0 saturated heterocycles. The Balaban J connectivity index is 1.49. The molecule has 3 N–H and O–H groups in total. The summed E-state index contributed by atoms with van der Waals surface area (Å²) in [6.07, 6.45) is 4.59. The number of rotatable bonds is 7. The molecule has 1 amide bonds. The van der Waals surface area contributed by atoms with Gasteiger partial charge in [-0.15, -0.1) is 0 Å². The van der Waals surface area contributed by atoms with Crippen molar-refractivity contribution in [2.24, 2.45) is 0 Å². The van der Waals surface area contributed by atoms with Crippen molar-refractivity contribution in [3.63, 3.8) is 0 Å². The fraction of sp³-hybridized carbons (Fsp3) is 0.235. The zero-order valence-electron chi connectivity index (χ0n) is 14.5. The molecule has 0 bridgehead atoms. The van der Waals surface area contributed by atoms with Crippen LogP contribution in [0.15, 0.2) is 41.4 Å². The van der Waals surface area contributed by atoms with Crippen molar-refractivity contribution in [3.05, 3.63) is 53.8 Å². The molecule has 3 heterocycles. The molecule has 3 rings (SSSR count). The third kappa shape index (κ3) is 4.53. The molecular weight excluding hydrogens is 334 g/mol. The van der Waals surface area contributed by atoms with E-state index in [0.717, 1.165) is 5.56 Å². The van der Waals surface area contributed by atoms with Gasteiger partial charge >= 0.3 is 0 Å². The highest BCUT2D eigenvalue weighted by Crippen LogP contribution is 2.14. The van der Waals surface area contributed by atoms with E-state index >= 15 is 0 Å². The highest BCUT2D eigenvalue weighted by Gasteiger charge is 2.11. The Morgan fingerprint density at radius 1 is 1.08 bits per heavy atom. The van der Waals surface area contributed by atoms with E-state index in [1.165, 1.54) is 12.5 Å². The number of amides is 1. The van der Waals surface area contributed by atoms with Crippen LogP contribution in [0.5, 0.6) is 0 Å². The van der Waals surface area contributed by atoms with Crippen LogP contribution in [0.25, 0.3) is 0 Å². The largest absolute Gasteiger partial charge is 0.368 e. The van der Waals surface area contributed by atoms with Gasteiger partial charge in [0.1, 0.15) is 35.1 Å². The van der Waals surface area contributed by atoms with E-state index in [1.807, 2.05) is 19.1 Å². The van der Waals surface area contributed by atoms with E-state index in [0.29, 0.717) is 41.9 Å². The van der Waals surface area contributed by atoms with Crippen LogP contribution in [0, 0.1) is 13.8 Å². The molecule has 0 radical (unpaired) electrons. The molecule has 26 heavy (non-hydrogen) atoms. The van der Waals surface area contributed by atoms with Gasteiger partial charge in [-0.2, -0.15) is 0 Å². The summed E-state index contributed by atoms with van der Waals surface area (Å²) in [7, 11) is 0. The molecule has 0 spiro atoms. The number of pyridine rings is 1. The van der Waals surface area contributed by atoms with Crippen LogP contribution in [0.3, 0.4) is 0 Å². The maximum absolute atomic E-state index is 11.9. The second-order valence-corrected chi connectivity index (χ2v) is 5.61. The van der Waals surface area contributed by atoms with Gasteiger partial charge in [-0.25, -0.2) is 15.0 Å². The van der Waals surface area contributed by atoms with Crippen LogP contribution < -0.4 is 16.0 Å². The summed E-state index contributed by atoms with van der Waals surface area (Å²) in [6, 6.07) is 5.63. The molecule has 0 unspecified atom stereocenters. The summed E-state index contributed by atoms with van der Waals surface area (Å²) in [5.74, 6) is 2.26. The molecule has 0 atom stereocenters. The quantitative estimate of drug-likeness (QED) is 0.553. The van der Waals surface area contributed by atoms with E-state index in [2.05, 4.69) is 36.1 Å². The summed E-state index contributed by atoms with van der Waals surface area (Å²) in [5, 5.41) is 12.6. The summed E-state index contributed by atoms with van der Waals surface area (Å²) in [6.45, 7) is 4.62. The van der Waals surface area contributed by atoms with Crippen molar-refractivity contribution >= 4 is 23.4 Å². The highest BCUT2D eigenvalue weighted by atomic mass is 16.5. The lowest BCUT2D eigenvalue weighted by Gasteiger charge is -2.09. The average Bonchev–Trinajstić information content (AvgIpc) is 3.05. The molecule has 0 fully saturated rings. The van der Waals surface area contributed by atoms with Crippen LogP contribution in [0.2, 0.25) is 0 Å². The van der Waals surface area contributed by atoms with Crippen molar-refractivity contribution in [2.75, 3.05) is 23.7 Å². The fourth-order valence-electron chi connectivity index (χ4n) is 2.24. The van der Waals surface area contributed by atoms with Crippen LogP contribution >= 0.6 is 0 Å². The van der Waals surface area contributed by atoms with Crippen molar-refractivity contribution < 1.29 is 9.32 Å². The number of aromatic nitrogens is 4. The molecule has 0 aliphatic rings. The van der Waals surface area contributed by atoms with E-state index in [9.17, 15) is 4.79 Å². The lowest BCUT2D eigenvalue weighted by atomic mass is 10.2. The summed E-state index contributed by atoms with van der Waals surface area (Å²) in [5.41, 5.74) is 1.54. The fourth-order valence-corrected chi connectivity index (χ4v) is 2.24. The second-order valence-electron chi connectivity index (χ2n) is 5.61. The van der Waals surface area contributed by atoms with E-state index in [4.69, 9.17) is 4.52 Å². The Morgan fingerprint density at radius 3 is 2.65 bits per heavy atom. The first-order chi connectivity index (χ1) is 12.6. The van der Waals surface area contributed by atoms with Crippen molar-refractivity contribution in [2.45, 2.75) is 13.8 Å². The first-order valence-corrected chi connectivity index (χ1v) is 8.07. The summed E-state index contributed by atoms with van der Waals surface area (Å²) >= 11 is 0. The minimum absolute atomic E-state index is 0.221. The minimum Gasteiger partial charge on any atom is -0.368 e. The molecule has 0 saturated carbocycles. The molecule has 0 aromatic carbocycles. The van der Waals surface area contributed by atoms with Crippen molar-refractivity contribution in [1.82, 2.24) is 25.4 Å². The number of hydrogen-bond acceptors (Lipinski definition) is 8. The number of hydrogen-bond donors (Lipinski definition) is 3. The summed E-state index contributed by atoms with van der Waals surface area (Å²) in [4.78, 5) is 24.5. The van der Waals surface area contributed by atoms with Gasteiger partial charge < -0.3 is 20.5 Å². The molecule has 3 aromatic heterocycles. The Hall–Kier alpha value is -3.49. The van der Waals surface area contributed by atoms with Crippen LogP contribution in [-0.4, -0.2) is 39.1 Å². The normalized spacial score (nSPS) is 10.4. The predicted octanol–water partition coefficient (Wildman–Crippen LogP) is 2.06. The van der Waals surface area contributed by atoms with Gasteiger partial charge in [0, 0.05) is 25.4 Å². The Morgan fingerprint density at radius 2 is 1.88 bits per heavy atom. The van der Waals surface area contributed by atoms with E-state index in [-0.39, 0.29) is 5.91 Å². The second kappa shape index (κ2) is 8.06. The van der Waals surface area contributed by atoms with Gasteiger partial charge in [-0.1, -0.05) is 5.16 Å². The maximum atomic E-state index is 11.9. The lowest BCUT2D eigenvalue weighted by molar-refractivity contribution is 0.0953. The Labute approximate surface area is 150 Å². The number of carbonyl (C=O) groups is 1. The van der Waals surface area contributed by atoms with Crippen LogP contribution in [-0.2, 0) is 0 Å². The monoisotopic (exact) mass is 353 g/mol. The highest BCUT2D eigenvalue weighted by molar-refractivity contribution is 5.94. The number of nitrogens with one attached hydrogen (secondary N) is 3. The van der Waals surface area contributed by atoms with Gasteiger partial charge in [0.2, 0.25) is 0 Å². The predicted molar refractivity (Wildman–Crippen MR) is 96.4 cm³/mol. The number of nitrogens with zero attached hydrogens (tertiary/aromatic N) is 4. The Bertz CT molecular complexity index is 894. The van der Waals surface area contributed by atoms with Gasteiger partial charge in [-0.3, -0.25) is 4.79 Å². The van der Waals surface area contributed by atoms with Crippen molar-refractivity contribution in [3.8, 4) is 0 Å². The molecular formula is C17H19N7O2. The van der Waals surface area contributed by atoms with Gasteiger partial charge in [-0.05, 0) is 31.5 Å². The number of carbonyl (C=O) groups excluding carboxylic acids is 1. The number of aryl methyl sites for hydroxylation is 2. The molecule has 0 aliphatic heterocycles. The summed E-state index contributed by atoms with van der Waals surface area (Å²) < 4.78 is 4.88. The standard InChI is InChI=1S/C17H19N7O2/c1-11-3-4-18-15(7-11)24-16-8-14(21-10-22-16)19-5-6-20-17(25)13-9-23-26-12(13)2/h3-4,7-10H,5-6H2,1-2H3,(H,20,25)(H2,18,19,21,22,24). The zero-order valence-corrected chi connectivity index (χ0v) is 14.5. The first-order valence-electron chi connectivity index (χ1n) is 8.07. The van der Waals surface area contributed by atoms with E-state index in [1.54, 1.807) is 19.2 Å². The van der Waals surface area contributed by atoms with Gasteiger partial charge in [0.15, 0.2) is 0 Å². The third-order valence-electron chi connectivity index (χ3n) is 3.55. The Kier molecular flexibility index (Phi) is 5.37. The zero-order chi connectivity index (χ0) is 18.4. The first kappa shape index (κ1) is 17.3. The molecule has 9 heteroatoms. The minimum atomic E-state index is -0.221. The molecule has 0 aliphatic carbocycles. The van der Waals surface area contributed by atoms with Gasteiger partial charge in [0.25, 0.3) is 5.91 Å². The van der Waals surface area contributed by atoms with Crippen LogP contribution in [0.4, 0.5) is 17.5 Å². The molecule has 134 valence electrons. The average molecular weight is 353 g/mol. The topological polar surface area (TPSA) is 118 Å². The third-order valence-corrected chi connectivity index (χ3v) is 3.55. The maximum Gasteiger partial charge on any atom is 0.256 e. The molecule has 3 aromatic rings. The van der Waals surface area contributed by atoms with Crippen LogP contribution in [0.1, 0.15) is 21.7 Å². The SMILES string of the molecule is Cc1ccnc(Nc2cc(NCCNC(=O)c3cnoc3C)ncn2)c1. The number of anilines is 3. The van der Waals surface area contributed by atoms with E-state index < -0.39 is 0 Å².